The normalized spacial score (nSPS) is 12.5. The molecule has 0 fully saturated rings. The second-order valence-corrected chi connectivity index (χ2v) is 14.2. The molecule has 4 aromatic rings. The number of carbonyl (C=O) groups excluding carboxylic acids is 1. The lowest BCUT2D eigenvalue weighted by Gasteiger charge is -2.14. The highest BCUT2D eigenvalue weighted by molar-refractivity contribution is 7.93. The van der Waals surface area contributed by atoms with Crippen LogP contribution in [0.4, 0.5) is 18.9 Å². The minimum absolute atomic E-state index is 0.234. The molecule has 43 heavy (non-hydrogen) atoms. The molecule has 0 aliphatic rings. The van der Waals surface area contributed by atoms with E-state index in [0.29, 0.717) is 29.7 Å². The van der Waals surface area contributed by atoms with Crippen molar-refractivity contribution in [3.05, 3.63) is 83.7 Å². The molecule has 0 saturated carbocycles. The van der Waals surface area contributed by atoms with Crippen molar-refractivity contribution in [1.82, 2.24) is 14.3 Å². The average molecular weight is 637 g/mol. The molecule has 9 nitrogen and oxygen atoms in total. The minimum Gasteiger partial charge on any atom is -0.323 e. The monoisotopic (exact) mass is 636 g/mol. The van der Waals surface area contributed by atoms with Crippen molar-refractivity contribution < 1.29 is 34.8 Å². The molecule has 2 N–H and O–H groups in total. The Morgan fingerprint density at radius 2 is 1.65 bits per heavy atom. The fourth-order valence-electron chi connectivity index (χ4n) is 4.36. The van der Waals surface area contributed by atoms with Gasteiger partial charge in [-0.3, -0.25) is 9.52 Å². The highest BCUT2D eigenvalue weighted by atomic mass is 32.2. The Morgan fingerprint density at radius 3 is 2.28 bits per heavy atom. The molecular weight excluding hydrogens is 605 g/mol. The molecule has 4 rings (SSSR count). The summed E-state index contributed by atoms with van der Waals surface area (Å²) in [5.74, 6) is -0.566. The van der Waals surface area contributed by atoms with Crippen molar-refractivity contribution >= 4 is 42.7 Å². The molecule has 0 bridgehead atoms. The van der Waals surface area contributed by atoms with E-state index < -0.39 is 36.7 Å². The van der Waals surface area contributed by atoms with Crippen LogP contribution in [0.15, 0.2) is 66.7 Å². The van der Waals surface area contributed by atoms with Crippen molar-refractivity contribution in [2.24, 2.45) is 0 Å². The zero-order chi connectivity index (χ0) is 31.6. The van der Waals surface area contributed by atoms with E-state index in [2.05, 4.69) is 11.6 Å². The van der Waals surface area contributed by atoms with Gasteiger partial charge in [-0.05, 0) is 61.2 Å². The summed E-state index contributed by atoms with van der Waals surface area (Å²) in [7, 11) is -9.43. The first-order valence-corrected chi connectivity index (χ1v) is 16.5. The fraction of sp³-hybridized carbons (Fsp3) is 0.310. The van der Waals surface area contributed by atoms with E-state index in [-0.39, 0.29) is 11.1 Å². The van der Waals surface area contributed by atoms with Gasteiger partial charge >= 0.3 is 15.5 Å². The molecule has 1 amide bonds. The second-order valence-electron chi connectivity index (χ2n) is 10.2. The first-order valence-electron chi connectivity index (χ1n) is 13.5. The van der Waals surface area contributed by atoms with Gasteiger partial charge in [0, 0.05) is 18.5 Å². The smallest absolute Gasteiger partial charge is 0.323 e. The molecule has 0 aliphatic carbocycles. The van der Waals surface area contributed by atoms with Crippen LogP contribution in [0.2, 0.25) is 0 Å². The molecule has 0 unspecified atom stereocenters. The van der Waals surface area contributed by atoms with E-state index in [1.54, 1.807) is 62.4 Å². The molecule has 230 valence electrons. The zero-order valence-corrected chi connectivity index (χ0v) is 25.3. The molecule has 0 atom stereocenters. The van der Waals surface area contributed by atoms with Gasteiger partial charge in [-0.1, -0.05) is 55.8 Å². The summed E-state index contributed by atoms with van der Waals surface area (Å²) in [6.45, 7) is 5.64. The largest absolute Gasteiger partial charge is 0.516 e. The van der Waals surface area contributed by atoms with E-state index in [1.807, 2.05) is 4.57 Å². The number of benzene rings is 3. The highest BCUT2D eigenvalue weighted by Gasteiger charge is 2.47. The molecule has 0 aliphatic heterocycles. The van der Waals surface area contributed by atoms with Crippen molar-refractivity contribution in [2.75, 3.05) is 4.72 Å². The number of nitrogens with zero attached hydrogens (tertiary/aromatic N) is 2. The Hall–Kier alpha value is -3.91. The van der Waals surface area contributed by atoms with Gasteiger partial charge in [0.05, 0.1) is 22.0 Å². The maximum atomic E-state index is 12.8. The lowest BCUT2D eigenvalue weighted by atomic mass is 9.98. The van der Waals surface area contributed by atoms with Crippen molar-refractivity contribution in [1.29, 1.82) is 0 Å². The van der Waals surface area contributed by atoms with Crippen molar-refractivity contribution in [3.63, 3.8) is 0 Å². The Bertz CT molecular complexity index is 1850. The molecule has 1 aromatic heterocycles. The van der Waals surface area contributed by atoms with Crippen molar-refractivity contribution in [2.45, 2.75) is 57.3 Å². The Kier molecular flexibility index (Phi) is 9.21. The number of aromatic nitrogens is 2. The van der Waals surface area contributed by atoms with Gasteiger partial charge in [0.2, 0.25) is 10.0 Å². The number of anilines is 1. The second kappa shape index (κ2) is 12.4. The molecule has 1 heterocycles. The van der Waals surface area contributed by atoms with Gasteiger partial charge in [-0.25, -0.2) is 18.1 Å². The van der Waals surface area contributed by atoms with E-state index in [9.17, 15) is 34.8 Å². The number of hydrogen-bond acceptors (Lipinski definition) is 6. The summed E-state index contributed by atoms with van der Waals surface area (Å²) in [5, 5.41) is -0.614. The van der Waals surface area contributed by atoms with E-state index in [4.69, 9.17) is 4.98 Å². The van der Waals surface area contributed by atoms with Gasteiger partial charge in [0.25, 0.3) is 5.91 Å². The SMILES string of the molecule is CCCCc1nc2ccc(NS(=O)(=O)C(C)C)cc2n1Cc1ccc(-c2ccccc2C(=O)NS(=O)(=O)C(F)(F)F)cc1. The molecule has 0 spiro atoms. The van der Waals surface area contributed by atoms with Gasteiger partial charge in [-0.2, -0.15) is 21.6 Å². The quantitative estimate of drug-likeness (QED) is 0.214. The predicted molar refractivity (Wildman–Crippen MR) is 159 cm³/mol. The third kappa shape index (κ3) is 7.19. The Labute approximate surface area is 248 Å². The molecular formula is C29H31F3N4O5S2. The maximum absolute atomic E-state index is 12.8. The zero-order valence-electron chi connectivity index (χ0n) is 23.6. The first-order chi connectivity index (χ1) is 20.1. The third-order valence-electron chi connectivity index (χ3n) is 6.77. The summed E-state index contributed by atoms with van der Waals surface area (Å²) in [4.78, 5) is 17.3. The van der Waals surface area contributed by atoms with Crippen LogP contribution in [0.3, 0.4) is 0 Å². The highest BCUT2D eigenvalue weighted by Crippen LogP contribution is 2.28. The van der Waals surface area contributed by atoms with Crippen LogP contribution < -0.4 is 9.44 Å². The van der Waals surface area contributed by atoms with Crippen LogP contribution in [0.1, 0.15) is 55.4 Å². The number of halogens is 3. The van der Waals surface area contributed by atoms with E-state index in [1.165, 1.54) is 18.2 Å². The fourth-order valence-corrected chi connectivity index (χ4v) is 5.52. The number of aryl methyl sites for hydroxylation is 1. The number of unbranched alkanes of at least 4 members (excludes halogenated alkanes) is 1. The van der Waals surface area contributed by atoms with Crippen molar-refractivity contribution in [3.8, 4) is 11.1 Å². The standard InChI is InChI=1S/C29H31F3N4O5S2/c1-4-5-10-27-33-25-16-15-22(34-42(38,39)19(2)3)17-26(25)36(27)18-20-11-13-21(14-12-20)23-8-6-7-9-24(23)28(37)35-43(40,41)29(30,31)32/h6-9,11-17,19,34H,4-5,10,18H2,1-3H3,(H,35,37). The number of rotatable bonds is 11. The van der Waals surface area contributed by atoms with Crippen LogP contribution in [-0.2, 0) is 33.0 Å². The van der Waals surface area contributed by atoms with Gasteiger partial charge in [-0.15, -0.1) is 0 Å². The van der Waals surface area contributed by atoms with Gasteiger partial charge < -0.3 is 4.57 Å². The van der Waals surface area contributed by atoms with Gasteiger partial charge in [0.15, 0.2) is 0 Å². The summed E-state index contributed by atoms with van der Waals surface area (Å²) < 4.78 is 92.0. The summed E-state index contributed by atoms with van der Waals surface area (Å²) in [5.41, 5.74) is -2.41. The number of imidazole rings is 1. The Balaban J connectivity index is 1.66. The number of hydrogen-bond donors (Lipinski definition) is 2. The maximum Gasteiger partial charge on any atom is 0.516 e. The molecule has 0 radical (unpaired) electrons. The number of nitrogens with one attached hydrogen (secondary N) is 2. The third-order valence-corrected chi connectivity index (χ3v) is 9.60. The molecule has 14 heteroatoms. The predicted octanol–water partition coefficient (Wildman–Crippen LogP) is 5.82. The summed E-state index contributed by atoms with van der Waals surface area (Å²) >= 11 is 0. The number of alkyl halides is 3. The first kappa shape index (κ1) is 32.0. The molecule has 3 aromatic carbocycles. The van der Waals surface area contributed by atoms with E-state index in [0.717, 1.165) is 34.5 Å². The number of sulfonamides is 2. The summed E-state index contributed by atoms with van der Waals surface area (Å²) in [6.07, 6.45) is 2.56. The average Bonchev–Trinajstić information content (AvgIpc) is 3.27. The van der Waals surface area contributed by atoms with Gasteiger partial charge in [0.1, 0.15) is 5.82 Å². The number of carbonyl (C=O) groups is 1. The van der Waals surface area contributed by atoms with Crippen LogP contribution in [0, 0.1) is 0 Å². The lowest BCUT2D eigenvalue weighted by Crippen LogP contribution is -2.40. The van der Waals surface area contributed by atoms with E-state index >= 15 is 0 Å². The topological polar surface area (TPSA) is 127 Å². The number of fused-ring (bicyclic) bond motifs is 1. The molecule has 0 saturated heterocycles. The Morgan fingerprint density at radius 1 is 0.977 bits per heavy atom. The lowest BCUT2D eigenvalue weighted by molar-refractivity contribution is -0.0446. The van der Waals surface area contributed by atoms with Crippen LogP contribution in [0.5, 0.6) is 0 Å². The summed E-state index contributed by atoms with van der Waals surface area (Å²) in [6, 6.07) is 17.9. The van der Waals surface area contributed by atoms with Crippen LogP contribution in [0.25, 0.3) is 22.2 Å². The minimum atomic E-state index is -5.87. The van der Waals surface area contributed by atoms with Crippen LogP contribution >= 0.6 is 0 Å². The van der Waals surface area contributed by atoms with Crippen LogP contribution in [-0.4, -0.2) is 43.1 Å². The number of amides is 1.